The summed E-state index contributed by atoms with van der Waals surface area (Å²) in [6.07, 6.45) is 0.150. The second-order valence-corrected chi connectivity index (χ2v) is 15.1. The first-order valence-electron chi connectivity index (χ1n) is 15.5. The first kappa shape index (κ1) is 34.0. The standard InChI is InChI=1S/C36H42N4O6S/c1-22-10-8-11-23(2)30(22)31-24(3)32-38-34(37-31)39-47(44,45)29-13-9-12-26(18-29)33(41)40(28(21-46-32)19-35(4,5)42)20-25-14-16-27(17-15-25)36(6,7)43/h8-18,28,42-43H,19-21H2,1-7H3,(H,37,38,39)/t28-/m1/s1. The number of nitrogens with zero attached hydrogens (tertiary/aromatic N) is 3. The molecule has 1 atom stereocenters. The lowest BCUT2D eigenvalue weighted by atomic mass is 9.95. The van der Waals surface area contributed by atoms with Gasteiger partial charge in [-0.25, -0.2) is 18.1 Å². The summed E-state index contributed by atoms with van der Waals surface area (Å²) >= 11 is 0. The first-order valence-corrected chi connectivity index (χ1v) is 17.0. The van der Waals surface area contributed by atoms with Gasteiger partial charge in [0, 0.05) is 23.2 Å². The molecule has 248 valence electrons. The molecule has 10 nitrogen and oxygen atoms in total. The van der Waals surface area contributed by atoms with Crippen molar-refractivity contribution in [2.24, 2.45) is 0 Å². The minimum atomic E-state index is -4.22. The van der Waals surface area contributed by atoms with Crippen molar-refractivity contribution in [3.05, 3.63) is 100 Å². The van der Waals surface area contributed by atoms with Crippen LogP contribution in [0.5, 0.6) is 5.88 Å². The van der Waals surface area contributed by atoms with Gasteiger partial charge in [-0.2, -0.15) is 4.98 Å². The van der Waals surface area contributed by atoms with E-state index in [1.165, 1.54) is 18.2 Å². The van der Waals surface area contributed by atoms with Gasteiger partial charge in [0.25, 0.3) is 15.9 Å². The van der Waals surface area contributed by atoms with Crippen LogP contribution in [-0.2, 0) is 22.2 Å². The van der Waals surface area contributed by atoms with E-state index in [0.29, 0.717) is 16.8 Å². The van der Waals surface area contributed by atoms with Crippen LogP contribution in [0, 0.1) is 20.8 Å². The van der Waals surface area contributed by atoms with E-state index in [0.717, 1.165) is 22.3 Å². The minimum absolute atomic E-state index is 0.0482. The lowest BCUT2D eigenvalue weighted by Crippen LogP contribution is -2.46. The molecular formula is C36H42N4O6S. The van der Waals surface area contributed by atoms with E-state index >= 15 is 0 Å². The van der Waals surface area contributed by atoms with Gasteiger partial charge in [-0.05, 0) is 95.3 Å². The number of sulfonamides is 1. The number of rotatable bonds is 6. The fraction of sp³-hybridized carbons (Fsp3) is 0.361. The van der Waals surface area contributed by atoms with Crippen LogP contribution in [0.3, 0.4) is 0 Å². The van der Waals surface area contributed by atoms with Crippen molar-refractivity contribution in [2.45, 2.75) is 83.6 Å². The van der Waals surface area contributed by atoms with Gasteiger partial charge in [0.1, 0.15) is 6.61 Å². The summed E-state index contributed by atoms with van der Waals surface area (Å²) in [7, 11) is -4.22. The maximum absolute atomic E-state index is 14.3. The Morgan fingerprint density at radius 1 is 0.936 bits per heavy atom. The first-order chi connectivity index (χ1) is 21.9. The van der Waals surface area contributed by atoms with Gasteiger partial charge < -0.3 is 19.8 Å². The normalized spacial score (nSPS) is 16.7. The number of hydrogen-bond acceptors (Lipinski definition) is 8. The molecule has 0 fully saturated rings. The Bertz CT molecular complexity index is 1890. The van der Waals surface area contributed by atoms with Crippen LogP contribution >= 0.6 is 0 Å². The summed E-state index contributed by atoms with van der Waals surface area (Å²) in [5, 5.41) is 21.5. The molecule has 0 aliphatic carbocycles. The number of fused-ring (bicyclic) bond motifs is 4. The molecule has 1 aliphatic heterocycles. The smallest absolute Gasteiger partial charge is 0.264 e. The van der Waals surface area contributed by atoms with Crippen LogP contribution in [0.15, 0.2) is 71.6 Å². The molecule has 0 radical (unpaired) electrons. The molecule has 0 unspecified atom stereocenters. The highest BCUT2D eigenvalue weighted by atomic mass is 32.2. The monoisotopic (exact) mass is 658 g/mol. The number of aliphatic hydroxyl groups is 2. The molecule has 0 spiro atoms. The molecule has 0 saturated carbocycles. The summed E-state index contributed by atoms with van der Waals surface area (Å²) in [5.41, 5.74) is 3.27. The van der Waals surface area contributed by atoms with E-state index < -0.39 is 33.2 Å². The van der Waals surface area contributed by atoms with Crippen LogP contribution in [-0.4, -0.2) is 57.7 Å². The van der Waals surface area contributed by atoms with Gasteiger partial charge in [-0.3, -0.25) is 4.79 Å². The second kappa shape index (κ2) is 12.7. The summed E-state index contributed by atoms with van der Waals surface area (Å²) in [6.45, 7) is 12.5. The molecule has 1 aliphatic rings. The van der Waals surface area contributed by atoms with E-state index in [4.69, 9.17) is 4.74 Å². The van der Waals surface area contributed by atoms with Gasteiger partial charge in [0.15, 0.2) is 0 Å². The predicted octanol–water partition coefficient (Wildman–Crippen LogP) is 5.66. The highest BCUT2D eigenvalue weighted by Gasteiger charge is 2.33. The number of carbonyl (C=O) groups is 1. The molecule has 1 amide bonds. The topological polar surface area (TPSA) is 142 Å². The zero-order valence-corrected chi connectivity index (χ0v) is 28.6. The van der Waals surface area contributed by atoms with E-state index in [-0.39, 0.29) is 41.9 Å². The molecular weight excluding hydrogens is 616 g/mol. The van der Waals surface area contributed by atoms with Crippen molar-refractivity contribution in [3.8, 4) is 17.1 Å². The van der Waals surface area contributed by atoms with Crippen molar-refractivity contribution >= 4 is 21.9 Å². The fourth-order valence-corrected chi connectivity index (χ4v) is 6.84. The van der Waals surface area contributed by atoms with Gasteiger partial charge >= 0.3 is 0 Å². The van der Waals surface area contributed by atoms with Gasteiger partial charge in [-0.1, -0.05) is 48.5 Å². The maximum atomic E-state index is 14.3. The van der Waals surface area contributed by atoms with Crippen molar-refractivity contribution < 1.29 is 28.2 Å². The Morgan fingerprint density at radius 3 is 2.19 bits per heavy atom. The summed E-state index contributed by atoms with van der Waals surface area (Å²) in [6, 6.07) is 18.3. The van der Waals surface area contributed by atoms with Crippen LogP contribution < -0.4 is 9.46 Å². The summed E-state index contributed by atoms with van der Waals surface area (Å²) in [4.78, 5) is 24.9. The third-order valence-corrected chi connectivity index (χ3v) is 9.62. The maximum Gasteiger partial charge on any atom is 0.264 e. The van der Waals surface area contributed by atoms with Gasteiger partial charge in [-0.15, -0.1) is 0 Å². The number of nitrogens with one attached hydrogen (secondary N) is 1. The number of ether oxygens (including phenoxy) is 1. The molecule has 5 rings (SSSR count). The number of anilines is 1. The highest BCUT2D eigenvalue weighted by Crippen LogP contribution is 2.34. The van der Waals surface area contributed by atoms with Crippen molar-refractivity contribution in [3.63, 3.8) is 0 Å². The van der Waals surface area contributed by atoms with Crippen LogP contribution in [0.4, 0.5) is 5.95 Å². The Hall–Kier alpha value is -4.32. The predicted molar refractivity (Wildman–Crippen MR) is 181 cm³/mol. The number of hydrogen-bond donors (Lipinski definition) is 3. The highest BCUT2D eigenvalue weighted by molar-refractivity contribution is 7.92. The second-order valence-electron chi connectivity index (χ2n) is 13.4. The fourth-order valence-electron chi connectivity index (χ4n) is 5.85. The van der Waals surface area contributed by atoms with Gasteiger partial charge in [0.05, 0.1) is 27.8 Å². The number of carbonyl (C=O) groups excluding carboxylic acids is 1. The van der Waals surface area contributed by atoms with Crippen LogP contribution in [0.2, 0.25) is 0 Å². The molecule has 4 aromatic rings. The van der Waals surface area contributed by atoms with E-state index in [9.17, 15) is 23.4 Å². The third kappa shape index (κ3) is 7.64. The minimum Gasteiger partial charge on any atom is -0.475 e. The quantitative estimate of drug-likeness (QED) is 0.241. The Balaban J connectivity index is 1.69. The molecule has 11 heteroatoms. The number of aryl methyl sites for hydroxylation is 2. The summed E-state index contributed by atoms with van der Waals surface area (Å²) in [5.74, 6) is -0.442. The third-order valence-electron chi connectivity index (χ3n) is 8.30. The van der Waals surface area contributed by atoms with Gasteiger partial charge in [0.2, 0.25) is 11.8 Å². The molecule has 0 saturated heterocycles. The van der Waals surface area contributed by atoms with E-state index in [2.05, 4.69) is 14.7 Å². The zero-order chi connectivity index (χ0) is 34.3. The molecule has 3 aromatic carbocycles. The lowest BCUT2D eigenvalue weighted by Gasteiger charge is -2.35. The Kier molecular flexibility index (Phi) is 9.20. The molecule has 4 bridgehead atoms. The average molecular weight is 659 g/mol. The molecule has 2 heterocycles. The lowest BCUT2D eigenvalue weighted by molar-refractivity contribution is 0.0160. The number of amides is 1. The van der Waals surface area contributed by atoms with E-state index in [1.54, 1.807) is 38.7 Å². The van der Waals surface area contributed by atoms with Crippen molar-refractivity contribution in [1.29, 1.82) is 0 Å². The molecule has 47 heavy (non-hydrogen) atoms. The SMILES string of the molecule is Cc1cccc(C)c1-c1nc2nc(c1C)OC[C@@H](CC(C)(C)O)N(Cc1ccc(C(C)(C)O)cc1)C(=O)c1cccc(c1)S(=O)(=O)N2. The number of aromatic nitrogens is 2. The molecule has 3 N–H and O–H groups in total. The van der Waals surface area contributed by atoms with Crippen molar-refractivity contribution in [2.75, 3.05) is 11.3 Å². The van der Waals surface area contributed by atoms with E-state index in [1.807, 2.05) is 63.2 Å². The molecule has 1 aromatic heterocycles. The van der Waals surface area contributed by atoms with Crippen molar-refractivity contribution in [1.82, 2.24) is 14.9 Å². The zero-order valence-electron chi connectivity index (χ0n) is 27.8. The van der Waals surface area contributed by atoms with Crippen LogP contribution in [0.25, 0.3) is 11.3 Å². The average Bonchev–Trinajstić information content (AvgIpc) is 2.98. The Morgan fingerprint density at radius 2 is 1.57 bits per heavy atom. The number of benzene rings is 3. The van der Waals surface area contributed by atoms with Crippen LogP contribution in [0.1, 0.15) is 72.3 Å². The summed E-state index contributed by atoms with van der Waals surface area (Å²) < 4.78 is 36.2. The Labute approximate surface area is 276 Å². The largest absolute Gasteiger partial charge is 0.475 e.